The molecule has 0 saturated heterocycles. The Balaban J connectivity index is 1.67. The van der Waals surface area contributed by atoms with Crippen LogP contribution in [-0.2, 0) is 16.4 Å². The van der Waals surface area contributed by atoms with Gasteiger partial charge in [-0.2, -0.15) is 0 Å². The average Bonchev–Trinajstić information content (AvgIpc) is 3.00. The Labute approximate surface area is 155 Å². The van der Waals surface area contributed by atoms with Crippen molar-refractivity contribution in [3.05, 3.63) is 59.2 Å². The highest BCUT2D eigenvalue weighted by molar-refractivity contribution is 7.89. The average molecular weight is 375 g/mol. The van der Waals surface area contributed by atoms with E-state index in [0.717, 1.165) is 24.1 Å². The molecule has 1 unspecified atom stereocenters. The van der Waals surface area contributed by atoms with Gasteiger partial charge in [-0.1, -0.05) is 38.1 Å². The van der Waals surface area contributed by atoms with Crippen molar-refractivity contribution in [2.45, 2.75) is 37.2 Å². The van der Waals surface area contributed by atoms with E-state index in [1.807, 2.05) is 37.4 Å². The maximum absolute atomic E-state index is 12.5. The van der Waals surface area contributed by atoms with E-state index in [0.29, 0.717) is 5.92 Å². The fourth-order valence-electron chi connectivity index (χ4n) is 3.22. The molecule has 6 heteroatoms. The molecule has 0 aliphatic carbocycles. The number of hydrogen-bond acceptors (Lipinski definition) is 4. The van der Waals surface area contributed by atoms with Crippen LogP contribution in [0, 0.1) is 0 Å². The van der Waals surface area contributed by atoms with Crippen molar-refractivity contribution in [2.75, 3.05) is 25.0 Å². The van der Waals surface area contributed by atoms with Crippen molar-refractivity contribution in [2.24, 2.45) is 0 Å². The molecule has 26 heavy (non-hydrogen) atoms. The monoisotopic (exact) mass is 374 g/mol. The first-order valence-electron chi connectivity index (χ1n) is 8.89. The Morgan fingerprint density at radius 3 is 2.42 bits per heavy atom. The first kappa shape index (κ1) is 18.9. The fourth-order valence-corrected chi connectivity index (χ4v) is 4.25. The van der Waals surface area contributed by atoms with Crippen LogP contribution in [0.25, 0.3) is 0 Å². The minimum atomic E-state index is -3.64. The SMILES string of the molecule is CC(C)c1ccc(S(=O)(=O)NCC(O)c2ccc3c(c2)CCN3C)cc1. The molecule has 0 bridgehead atoms. The second-order valence-electron chi connectivity index (χ2n) is 7.15. The maximum Gasteiger partial charge on any atom is 0.240 e. The summed E-state index contributed by atoms with van der Waals surface area (Å²) in [6, 6.07) is 12.7. The number of anilines is 1. The van der Waals surface area contributed by atoms with Gasteiger partial charge in [0.25, 0.3) is 0 Å². The largest absolute Gasteiger partial charge is 0.387 e. The molecule has 5 nitrogen and oxygen atoms in total. The van der Waals surface area contributed by atoms with E-state index in [4.69, 9.17) is 0 Å². The number of rotatable bonds is 6. The smallest absolute Gasteiger partial charge is 0.240 e. The molecule has 0 amide bonds. The van der Waals surface area contributed by atoms with Gasteiger partial charge in [-0.15, -0.1) is 0 Å². The Morgan fingerprint density at radius 2 is 1.77 bits per heavy atom. The van der Waals surface area contributed by atoms with Gasteiger partial charge in [0.1, 0.15) is 0 Å². The van der Waals surface area contributed by atoms with Gasteiger partial charge in [0.2, 0.25) is 10.0 Å². The highest BCUT2D eigenvalue weighted by Gasteiger charge is 2.20. The third-order valence-corrected chi connectivity index (χ3v) is 6.38. The summed E-state index contributed by atoms with van der Waals surface area (Å²) in [6.45, 7) is 5.04. The number of nitrogens with one attached hydrogen (secondary N) is 1. The van der Waals surface area contributed by atoms with Crippen LogP contribution in [0.1, 0.15) is 42.6 Å². The Morgan fingerprint density at radius 1 is 1.12 bits per heavy atom. The molecular weight excluding hydrogens is 348 g/mol. The minimum Gasteiger partial charge on any atom is -0.387 e. The molecule has 1 heterocycles. The van der Waals surface area contributed by atoms with E-state index in [1.54, 1.807) is 12.1 Å². The lowest BCUT2D eigenvalue weighted by molar-refractivity contribution is 0.182. The second-order valence-corrected chi connectivity index (χ2v) is 8.92. The lowest BCUT2D eigenvalue weighted by atomic mass is 10.0. The van der Waals surface area contributed by atoms with Crippen LogP contribution >= 0.6 is 0 Å². The lowest BCUT2D eigenvalue weighted by Gasteiger charge is -2.16. The summed E-state index contributed by atoms with van der Waals surface area (Å²) in [5.41, 5.74) is 4.19. The molecule has 1 atom stereocenters. The number of benzene rings is 2. The van der Waals surface area contributed by atoms with Crippen molar-refractivity contribution in [3.8, 4) is 0 Å². The summed E-state index contributed by atoms with van der Waals surface area (Å²) in [5, 5.41) is 10.4. The quantitative estimate of drug-likeness (QED) is 0.816. The van der Waals surface area contributed by atoms with E-state index >= 15 is 0 Å². The highest BCUT2D eigenvalue weighted by Crippen LogP contribution is 2.29. The maximum atomic E-state index is 12.5. The number of hydrogen-bond donors (Lipinski definition) is 2. The summed E-state index contributed by atoms with van der Waals surface area (Å²) in [4.78, 5) is 2.39. The number of likely N-dealkylation sites (N-methyl/N-ethyl adjacent to an activating group) is 1. The number of sulfonamides is 1. The van der Waals surface area contributed by atoms with E-state index in [9.17, 15) is 13.5 Å². The first-order chi connectivity index (χ1) is 12.3. The Bertz CT molecular complexity index is 876. The molecule has 2 aromatic carbocycles. The van der Waals surface area contributed by atoms with Crippen molar-refractivity contribution in [1.82, 2.24) is 4.72 Å². The molecule has 140 valence electrons. The molecule has 1 aliphatic heterocycles. The van der Waals surface area contributed by atoms with E-state index in [1.165, 1.54) is 11.3 Å². The number of nitrogens with zero attached hydrogens (tertiary/aromatic N) is 1. The summed E-state index contributed by atoms with van der Waals surface area (Å²) in [5.74, 6) is 0.348. The number of aliphatic hydroxyl groups is 1. The minimum absolute atomic E-state index is 0.0527. The predicted molar refractivity (Wildman–Crippen MR) is 104 cm³/mol. The van der Waals surface area contributed by atoms with Gasteiger partial charge >= 0.3 is 0 Å². The standard InChI is InChI=1S/C20H26N2O3S/c1-14(2)15-4-7-18(8-5-15)26(24,25)21-13-20(23)17-6-9-19-16(12-17)10-11-22(19)3/h4-9,12,14,20-21,23H,10-11,13H2,1-3H3. The molecule has 0 saturated carbocycles. The van der Waals surface area contributed by atoms with Crippen LogP contribution in [0.4, 0.5) is 5.69 Å². The van der Waals surface area contributed by atoms with Crippen molar-refractivity contribution < 1.29 is 13.5 Å². The number of aliphatic hydroxyl groups excluding tert-OH is 1. The summed E-state index contributed by atoms with van der Waals surface area (Å²) in [7, 11) is -1.60. The Hall–Kier alpha value is -1.89. The fraction of sp³-hybridized carbons (Fsp3) is 0.400. The zero-order valence-corrected chi connectivity index (χ0v) is 16.3. The Kier molecular flexibility index (Phi) is 5.37. The molecule has 0 spiro atoms. The normalized spacial score (nSPS) is 15.3. The molecule has 0 aromatic heterocycles. The van der Waals surface area contributed by atoms with Crippen LogP contribution in [-0.4, -0.2) is 33.7 Å². The molecule has 2 aromatic rings. The third kappa shape index (κ3) is 3.92. The lowest BCUT2D eigenvalue weighted by Crippen LogP contribution is -2.28. The van der Waals surface area contributed by atoms with Crippen molar-refractivity contribution in [1.29, 1.82) is 0 Å². The van der Waals surface area contributed by atoms with Crippen molar-refractivity contribution >= 4 is 15.7 Å². The van der Waals surface area contributed by atoms with Crippen LogP contribution in [0.15, 0.2) is 47.4 Å². The van der Waals surface area contributed by atoms with Gasteiger partial charge in [0, 0.05) is 25.8 Å². The zero-order chi connectivity index (χ0) is 18.9. The van der Waals surface area contributed by atoms with Crippen LogP contribution in [0.5, 0.6) is 0 Å². The van der Waals surface area contributed by atoms with Gasteiger partial charge < -0.3 is 10.0 Å². The topological polar surface area (TPSA) is 69.6 Å². The first-order valence-corrected chi connectivity index (χ1v) is 10.4. The molecule has 0 fully saturated rings. The molecule has 2 N–H and O–H groups in total. The van der Waals surface area contributed by atoms with Gasteiger partial charge in [0.05, 0.1) is 11.0 Å². The van der Waals surface area contributed by atoms with Crippen LogP contribution < -0.4 is 9.62 Å². The highest BCUT2D eigenvalue weighted by atomic mass is 32.2. The predicted octanol–water partition coefficient (Wildman–Crippen LogP) is 2.81. The molecular formula is C20H26N2O3S. The van der Waals surface area contributed by atoms with E-state index in [-0.39, 0.29) is 11.4 Å². The van der Waals surface area contributed by atoms with E-state index < -0.39 is 16.1 Å². The van der Waals surface area contributed by atoms with Crippen molar-refractivity contribution in [3.63, 3.8) is 0 Å². The third-order valence-electron chi connectivity index (χ3n) is 4.94. The second kappa shape index (κ2) is 7.39. The van der Waals surface area contributed by atoms with E-state index in [2.05, 4.69) is 23.5 Å². The van der Waals surface area contributed by atoms with Gasteiger partial charge in [-0.05, 0) is 47.2 Å². The summed E-state index contributed by atoms with van der Waals surface area (Å²) in [6.07, 6.45) is 0.0660. The van der Waals surface area contributed by atoms with Gasteiger partial charge in [-0.3, -0.25) is 0 Å². The number of fused-ring (bicyclic) bond motifs is 1. The molecule has 0 radical (unpaired) electrons. The van der Waals surface area contributed by atoms with Crippen LogP contribution in [0.2, 0.25) is 0 Å². The van der Waals surface area contributed by atoms with Crippen LogP contribution in [0.3, 0.4) is 0 Å². The van der Waals surface area contributed by atoms with Gasteiger partial charge in [-0.25, -0.2) is 13.1 Å². The van der Waals surface area contributed by atoms with Gasteiger partial charge in [0.15, 0.2) is 0 Å². The zero-order valence-electron chi connectivity index (χ0n) is 15.4. The molecule has 3 rings (SSSR count). The summed E-state index contributed by atoms with van der Waals surface area (Å²) >= 11 is 0. The molecule has 1 aliphatic rings. The summed E-state index contributed by atoms with van der Waals surface area (Å²) < 4.78 is 27.4.